The molecule has 1 aliphatic carbocycles. The first kappa shape index (κ1) is 26.0. The van der Waals surface area contributed by atoms with Crippen LogP contribution in [0.1, 0.15) is 41.5 Å². The highest BCUT2D eigenvalue weighted by molar-refractivity contribution is 5.92. The van der Waals surface area contributed by atoms with Crippen LogP contribution in [-0.2, 0) is 28.5 Å². The Kier molecular flexibility index (Phi) is 5.97. The number of fused-ring (bicyclic) bond motifs is 1. The van der Waals surface area contributed by atoms with Crippen LogP contribution in [0.3, 0.4) is 0 Å². The third kappa shape index (κ3) is 3.30. The molecule has 0 amide bonds. The summed E-state index contributed by atoms with van der Waals surface area (Å²) in [6, 6.07) is 3.51. The molecule has 3 fully saturated rings. The highest BCUT2D eigenvalue weighted by Gasteiger charge is 2.73. The molecule has 0 radical (unpaired) electrons. The number of nitriles is 2. The van der Waals surface area contributed by atoms with Crippen LogP contribution in [0.5, 0.6) is 0 Å². The van der Waals surface area contributed by atoms with Crippen molar-refractivity contribution in [2.75, 3.05) is 13.2 Å². The number of allylic oxidation sites excluding steroid dienone is 2. The monoisotopic (exact) mass is 520 g/mol. The van der Waals surface area contributed by atoms with Gasteiger partial charge < -0.3 is 28.7 Å². The third-order valence-electron chi connectivity index (χ3n) is 8.26. The molecule has 3 unspecified atom stereocenters. The van der Waals surface area contributed by atoms with Crippen LogP contribution < -0.4 is 0 Å². The fraction of sp³-hybridized carbons (Fsp3) is 0.571. The van der Waals surface area contributed by atoms with Crippen molar-refractivity contribution in [1.29, 1.82) is 10.5 Å². The molecule has 6 atom stereocenters. The van der Waals surface area contributed by atoms with Crippen molar-refractivity contribution in [3.8, 4) is 12.1 Å². The van der Waals surface area contributed by atoms with E-state index in [2.05, 4.69) is 12.1 Å². The van der Waals surface area contributed by atoms with Crippen LogP contribution in [0, 0.1) is 39.9 Å². The molecule has 0 aromatic rings. The molecule has 6 rings (SSSR count). The first-order valence-electron chi connectivity index (χ1n) is 12.9. The Hall–Kier alpha value is -3.60. The van der Waals surface area contributed by atoms with Crippen molar-refractivity contribution in [1.82, 2.24) is 9.80 Å². The van der Waals surface area contributed by atoms with Crippen LogP contribution in [0.15, 0.2) is 47.5 Å². The molecule has 0 aromatic heterocycles. The maximum atomic E-state index is 14.0. The Labute approximate surface area is 222 Å². The summed E-state index contributed by atoms with van der Waals surface area (Å²) >= 11 is 0. The molecule has 10 nitrogen and oxygen atoms in total. The van der Waals surface area contributed by atoms with Gasteiger partial charge in [0.15, 0.2) is 0 Å². The summed E-state index contributed by atoms with van der Waals surface area (Å²) in [6.45, 7) is 11.3. The zero-order valence-electron chi connectivity index (χ0n) is 22.4. The van der Waals surface area contributed by atoms with Gasteiger partial charge in [0.2, 0.25) is 0 Å². The van der Waals surface area contributed by atoms with Crippen molar-refractivity contribution >= 4 is 11.9 Å². The first-order chi connectivity index (χ1) is 18.0. The number of esters is 2. The molecule has 5 heterocycles. The van der Waals surface area contributed by atoms with Gasteiger partial charge in [0.1, 0.15) is 29.1 Å². The second-order valence-corrected chi connectivity index (χ2v) is 11.0. The minimum atomic E-state index is -1.26. The molecule has 5 aliphatic heterocycles. The van der Waals surface area contributed by atoms with Crippen LogP contribution in [0.25, 0.3) is 0 Å². The largest absolute Gasteiger partial charge is 0.465 e. The number of carbonyl (C=O) groups excluding carboxylic acids is 2. The van der Waals surface area contributed by atoms with E-state index in [9.17, 15) is 20.1 Å². The zero-order chi connectivity index (χ0) is 27.6. The predicted octanol–water partition coefficient (Wildman–Crippen LogP) is 2.87. The van der Waals surface area contributed by atoms with E-state index in [1.54, 1.807) is 26.1 Å². The number of hydrogen-bond acceptors (Lipinski definition) is 10. The average Bonchev–Trinajstić information content (AvgIpc) is 3.28. The van der Waals surface area contributed by atoms with E-state index in [0.717, 1.165) is 0 Å². The number of nitrogens with zero attached hydrogens (tertiary/aromatic N) is 4. The smallest absolute Gasteiger partial charge is 0.334 e. The van der Waals surface area contributed by atoms with E-state index >= 15 is 0 Å². The molecule has 6 aliphatic rings. The van der Waals surface area contributed by atoms with Crippen LogP contribution in [0.2, 0.25) is 0 Å². The van der Waals surface area contributed by atoms with E-state index in [4.69, 9.17) is 18.9 Å². The Morgan fingerprint density at radius 1 is 1.00 bits per heavy atom. The lowest BCUT2D eigenvalue weighted by Crippen LogP contribution is -2.72. The summed E-state index contributed by atoms with van der Waals surface area (Å²) in [6.07, 6.45) is 6.89. The summed E-state index contributed by atoms with van der Waals surface area (Å²) in [4.78, 5) is 31.1. The summed E-state index contributed by atoms with van der Waals surface area (Å²) in [5, 5.41) is 19.1. The lowest BCUT2D eigenvalue weighted by molar-refractivity contribution is -0.214. The van der Waals surface area contributed by atoms with Gasteiger partial charge in [0.05, 0.1) is 42.8 Å². The molecular formula is C28H32N4O6. The highest BCUT2D eigenvalue weighted by atomic mass is 16.6. The van der Waals surface area contributed by atoms with E-state index in [1.807, 2.05) is 43.6 Å². The quantitative estimate of drug-likeness (QED) is 0.403. The fourth-order valence-electron chi connectivity index (χ4n) is 6.89. The maximum absolute atomic E-state index is 14.0. The SMILES string of the molecule is CCOC(=O)C1=C[C@H]2N3/C(=C\C#N)C(C)(C)OC3[C@@H]1C1C3OC(C)(C)/C(=C/C#N)N3C=C[C@]12C(=O)OCC. The summed E-state index contributed by atoms with van der Waals surface area (Å²) in [7, 11) is 0. The van der Waals surface area contributed by atoms with Gasteiger partial charge in [0, 0.05) is 35.8 Å². The van der Waals surface area contributed by atoms with Gasteiger partial charge in [0.25, 0.3) is 0 Å². The van der Waals surface area contributed by atoms with Gasteiger partial charge in [-0.1, -0.05) is 0 Å². The van der Waals surface area contributed by atoms with Crippen molar-refractivity contribution in [3.05, 3.63) is 47.5 Å². The minimum absolute atomic E-state index is 0.166. The molecule has 200 valence electrons. The van der Waals surface area contributed by atoms with Crippen molar-refractivity contribution in [2.24, 2.45) is 17.3 Å². The van der Waals surface area contributed by atoms with Gasteiger partial charge in [-0.05, 0) is 53.7 Å². The van der Waals surface area contributed by atoms with Gasteiger partial charge in [-0.2, -0.15) is 10.5 Å². The van der Waals surface area contributed by atoms with Gasteiger partial charge in [-0.25, -0.2) is 4.79 Å². The standard InChI is InChI=1S/C28H32N4O6/c1-7-35-24(33)16-15-19-28(25(34)36-8-2)11-14-31-17(9-12-29)26(3,4)38-23(31)21(28)20(16)22-32(19)18(10-13-30)27(5,6)37-22/h9-11,14-15,19-23H,7-8H2,1-6H3/b17-9-,18-10-/t19-,20+,21?,22?,23?,28-/m1/s1. The average molecular weight is 521 g/mol. The Bertz CT molecular complexity index is 1280. The van der Waals surface area contributed by atoms with Gasteiger partial charge in [-0.15, -0.1) is 0 Å². The van der Waals surface area contributed by atoms with Crippen molar-refractivity contribution in [3.63, 3.8) is 0 Å². The number of rotatable bonds is 4. The fourth-order valence-corrected chi connectivity index (χ4v) is 6.89. The summed E-state index contributed by atoms with van der Waals surface area (Å²) < 4.78 is 24.3. The van der Waals surface area contributed by atoms with Crippen LogP contribution in [-0.4, -0.2) is 64.7 Å². The van der Waals surface area contributed by atoms with E-state index in [0.29, 0.717) is 17.0 Å². The number of ether oxygens (including phenoxy) is 4. The summed E-state index contributed by atoms with van der Waals surface area (Å²) in [5.41, 5.74) is -1.27. The Balaban J connectivity index is 1.79. The van der Waals surface area contributed by atoms with E-state index < -0.39 is 58.9 Å². The normalized spacial score (nSPS) is 37.2. The van der Waals surface area contributed by atoms with Gasteiger partial charge in [-0.3, -0.25) is 4.79 Å². The number of hydrogen-bond donors (Lipinski definition) is 0. The Morgan fingerprint density at radius 2 is 1.61 bits per heavy atom. The highest BCUT2D eigenvalue weighted by Crippen LogP contribution is 2.64. The molecule has 0 saturated carbocycles. The van der Waals surface area contributed by atoms with Crippen molar-refractivity contribution in [2.45, 2.75) is 71.2 Å². The second kappa shape index (κ2) is 8.72. The molecule has 2 bridgehead atoms. The summed E-state index contributed by atoms with van der Waals surface area (Å²) in [5.74, 6) is -2.22. The predicted molar refractivity (Wildman–Crippen MR) is 133 cm³/mol. The third-order valence-corrected chi connectivity index (χ3v) is 8.26. The molecule has 0 N–H and O–H groups in total. The molecule has 0 aromatic carbocycles. The molecule has 3 saturated heterocycles. The van der Waals surface area contributed by atoms with E-state index in [1.165, 1.54) is 12.2 Å². The molecule has 38 heavy (non-hydrogen) atoms. The zero-order valence-corrected chi connectivity index (χ0v) is 22.4. The topological polar surface area (TPSA) is 125 Å². The van der Waals surface area contributed by atoms with E-state index in [-0.39, 0.29) is 13.2 Å². The van der Waals surface area contributed by atoms with Crippen LogP contribution >= 0.6 is 0 Å². The van der Waals surface area contributed by atoms with Crippen molar-refractivity contribution < 1.29 is 28.5 Å². The second-order valence-electron chi connectivity index (χ2n) is 11.0. The lowest BCUT2D eigenvalue weighted by atomic mass is 9.53. The molecule has 10 heteroatoms. The number of carbonyl (C=O) groups is 2. The molecular weight excluding hydrogens is 488 g/mol. The first-order valence-corrected chi connectivity index (χ1v) is 12.9. The molecule has 0 spiro atoms. The minimum Gasteiger partial charge on any atom is -0.465 e. The Morgan fingerprint density at radius 3 is 2.24 bits per heavy atom. The van der Waals surface area contributed by atoms with Gasteiger partial charge >= 0.3 is 11.9 Å². The lowest BCUT2D eigenvalue weighted by Gasteiger charge is -2.61. The number of piperidine rings is 1. The van der Waals surface area contributed by atoms with Crippen LogP contribution in [0.4, 0.5) is 0 Å². The maximum Gasteiger partial charge on any atom is 0.334 e.